The van der Waals surface area contributed by atoms with E-state index in [1.54, 1.807) is 0 Å². The predicted octanol–water partition coefficient (Wildman–Crippen LogP) is 7.03. The van der Waals surface area contributed by atoms with E-state index in [-0.39, 0.29) is 5.91 Å². The molecule has 0 unspecified atom stereocenters. The number of oxazole rings is 1. The number of hydrogen-bond acceptors (Lipinski definition) is 3. The van der Waals surface area contributed by atoms with E-state index in [4.69, 9.17) is 4.42 Å². The van der Waals surface area contributed by atoms with Gasteiger partial charge >= 0.3 is 0 Å². The Kier molecular flexibility index (Phi) is 5.57. The van der Waals surface area contributed by atoms with Gasteiger partial charge in [-0.25, -0.2) is 4.98 Å². The first-order valence-electron chi connectivity index (χ1n) is 10.2. The Labute approximate surface area is 194 Å². The number of aromatic nitrogens is 1. The molecule has 0 fully saturated rings. The molecule has 1 N–H and O–H groups in total. The molecule has 156 valence electrons. The molecule has 0 aliphatic heterocycles. The van der Waals surface area contributed by atoms with Crippen molar-refractivity contribution in [1.29, 1.82) is 0 Å². The fraction of sp³-hybridized carbons (Fsp3) is 0.0370. The van der Waals surface area contributed by atoms with Crippen molar-refractivity contribution < 1.29 is 9.21 Å². The maximum absolute atomic E-state index is 13.4. The lowest BCUT2D eigenvalue weighted by Crippen LogP contribution is -2.22. The molecule has 0 saturated heterocycles. The van der Waals surface area contributed by atoms with Crippen molar-refractivity contribution in [1.82, 2.24) is 4.98 Å². The molecule has 0 atom stereocenters. The molecule has 1 heterocycles. The van der Waals surface area contributed by atoms with Gasteiger partial charge in [-0.1, -0.05) is 82.7 Å². The topological polar surface area (TPSA) is 55.1 Å². The lowest BCUT2D eigenvalue weighted by molar-refractivity contribution is -0.116. The van der Waals surface area contributed by atoms with Gasteiger partial charge in [-0.2, -0.15) is 0 Å². The molecule has 0 aliphatic rings. The van der Waals surface area contributed by atoms with E-state index in [0.717, 1.165) is 21.2 Å². The lowest BCUT2D eigenvalue weighted by Gasteiger charge is -2.18. The summed E-state index contributed by atoms with van der Waals surface area (Å²) in [6.45, 7) is 0. The Balaban J connectivity index is 1.45. The third-order valence-corrected chi connectivity index (χ3v) is 5.75. The molecule has 1 aromatic heterocycles. The van der Waals surface area contributed by atoms with Gasteiger partial charge < -0.3 is 9.73 Å². The van der Waals surface area contributed by atoms with Crippen LogP contribution in [0.15, 0.2) is 112 Å². The Hall–Kier alpha value is -3.70. The molecule has 5 rings (SSSR count). The fourth-order valence-corrected chi connectivity index (χ4v) is 4.15. The number of fused-ring (bicyclic) bond motifs is 1. The number of anilines is 1. The van der Waals surface area contributed by atoms with Crippen LogP contribution in [0.1, 0.15) is 17.0 Å². The van der Waals surface area contributed by atoms with E-state index < -0.39 is 5.92 Å². The minimum Gasteiger partial charge on any atom is -0.436 e. The van der Waals surface area contributed by atoms with Crippen molar-refractivity contribution in [3.8, 4) is 11.5 Å². The standard InChI is InChI=1S/C27H19BrN2O2/c28-21-13-7-12-20(16-21)27-30-23-17-22(14-15-24(23)32-27)29-26(31)25(18-8-3-1-4-9-18)19-10-5-2-6-11-19/h1-17,25H,(H,29,31). The number of nitrogens with one attached hydrogen (secondary N) is 1. The van der Waals surface area contributed by atoms with Gasteiger partial charge in [0.05, 0.1) is 5.92 Å². The van der Waals surface area contributed by atoms with Crippen molar-refractivity contribution in [3.05, 3.63) is 119 Å². The predicted molar refractivity (Wildman–Crippen MR) is 131 cm³/mol. The van der Waals surface area contributed by atoms with E-state index >= 15 is 0 Å². The highest BCUT2D eigenvalue weighted by atomic mass is 79.9. The van der Waals surface area contributed by atoms with Crippen LogP contribution in [0.3, 0.4) is 0 Å². The van der Waals surface area contributed by atoms with Crippen LogP contribution in [0.5, 0.6) is 0 Å². The van der Waals surface area contributed by atoms with Gasteiger partial charge in [0, 0.05) is 15.7 Å². The monoisotopic (exact) mass is 482 g/mol. The molecule has 5 aromatic rings. The van der Waals surface area contributed by atoms with Crippen LogP contribution in [0.4, 0.5) is 5.69 Å². The van der Waals surface area contributed by atoms with Gasteiger partial charge in [-0.15, -0.1) is 0 Å². The molecule has 0 bridgehead atoms. The summed E-state index contributed by atoms with van der Waals surface area (Å²) in [5, 5.41) is 3.06. The number of carbonyl (C=O) groups excluding carboxylic acids is 1. The van der Waals surface area contributed by atoms with E-state index in [1.807, 2.05) is 103 Å². The third-order valence-electron chi connectivity index (χ3n) is 5.25. The van der Waals surface area contributed by atoms with Crippen LogP contribution in [0, 0.1) is 0 Å². The van der Waals surface area contributed by atoms with E-state index in [1.165, 1.54) is 0 Å². The molecule has 5 heteroatoms. The summed E-state index contributed by atoms with van der Waals surface area (Å²) in [4.78, 5) is 18.0. The zero-order valence-electron chi connectivity index (χ0n) is 17.0. The second-order valence-electron chi connectivity index (χ2n) is 7.46. The summed E-state index contributed by atoms with van der Waals surface area (Å²) in [5.41, 5.74) is 4.79. The van der Waals surface area contributed by atoms with Crippen molar-refractivity contribution >= 4 is 38.6 Å². The number of amides is 1. The molecular weight excluding hydrogens is 464 g/mol. The van der Waals surface area contributed by atoms with E-state index in [0.29, 0.717) is 22.7 Å². The minimum absolute atomic E-state index is 0.0996. The highest BCUT2D eigenvalue weighted by Crippen LogP contribution is 2.30. The highest BCUT2D eigenvalue weighted by Gasteiger charge is 2.23. The van der Waals surface area contributed by atoms with Crippen molar-refractivity contribution in [2.75, 3.05) is 5.32 Å². The lowest BCUT2D eigenvalue weighted by atomic mass is 9.90. The van der Waals surface area contributed by atoms with Crippen LogP contribution in [-0.4, -0.2) is 10.9 Å². The number of carbonyl (C=O) groups is 1. The Morgan fingerprint density at radius 2 is 1.50 bits per heavy atom. The van der Waals surface area contributed by atoms with Gasteiger partial charge in [-0.3, -0.25) is 4.79 Å². The molecule has 4 nitrogen and oxygen atoms in total. The average molecular weight is 483 g/mol. The molecule has 0 aliphatic carbocycles. The fourth-order valence-electron chi connectivity index (χ4n) is 3.75. The zero-order valence-corrected chi connectivity index (χ0v) is 18.6. The highest BCUT2D eigenvalue weighted by molar-refractivity contribution is 9.10. The largest absolute Gasteiger partial charge is 0.436 e. The molecule has 0 radical (unpaired) electrons. The molecule has 32 heavy (non-hydrogen) atoms. The number of benzene rings is 4. The Bertz CT molecular complexity index is 1340. The minimum atomic E-state index is -0.414. The van der Waals surface area contributed by atoms with Crippen LogP contribution in [0.25, 0.3) is 22.6 Å². The van der Waals surface area contributed by atoms with Crippen LogP contribution >= 0.6 is 15.9 Å². The normalized spacial score (nSPS) is 11.1. The van der Waals surface area contributed by atoms with Gasteiger partial charge in [-0.05, 0) is 47.5 Å². The third kappa shape index (κ3) is 4.20. The van der Waals surface area contributed by atoms with Crippen molar-refractivity contribution in [3.63, 3.8) is 0 Å². The zero-order chi connectivity index (χ0) is 21.9. The number of hydrogen-bond donors (Lipinski definition) is 1. The van der Waals surface area contributed by atoms with E-state index in [9.17, 15) is 4.79 Å². The van der Waals surface area contributed by atoms with Gasteiger partial charge in [0.15, 0.2) is 5.58 Å². The quantitative estimate of drug-likeness (QED) is 0.292. The summed E-state index contributed by atoms with van der Waals surface area (Å²) in [5.74, 6) is 0.0244. The van der Waals surface area contributed by atoms with Gasteiger partial charge in [0.25, 0.3) is 0 Å². The summed E-state index contributed by atoms with van der Waals surface area (Å²) in [7, 11) is 0. The maximum Gasteiger partial charge on any atom is 0.236 e. The summed E-state index contributed by atoms with van der Waals surface area (Å²) < 4.78 is 6.87. The second kappa shape index (κ2) is 8.81. The van der Waals surface area contributed by atoms with Gasteiger partial charge in [0.2, 0.25) is 11.8 Å². The molecule has 1 amide bonds. The molecular formula is C27H19BrN2O2. The maximum atomic E-state index is 13.4. The molecule has 0 spiro atoms. The van der Waals surface area contributed by atoms with Crippen LogP contribution < -0.4 is 5.32 Å². The summed E-state index contributed by atoms with van der Waals surface area (Å²) in [6.07, 6.45) is 0. The molecule has 4 aromatic carbocycles. The second-order valence-corrected chi connectivity index (χ2v) is 8.37. The van der Waals surface area contributed by atoms with Gasteiger partial charge in [0.1, 0.15) is 5.52 Å². The van der Waals surface area contributed by atoms with Crippen molar-refractivity contribution in [2.45, 2.75) is 5.92 Å². The Morgan fingerprint density at radius 3 is 2.16 bits per heavy atom. The van der Waals surface area contributed by atoms with Crippen LogP contribution in [-0.2, 0) is 4.79 Å². The number of rotatable bonds is 5. The average Bonchev–Trinajstić information content (AvgIpc) is 3.24. The first-order chi connectivity index (χ1) is 15.7. The smallest absolute Gasteiger partial charge is 0.236 e. The molecule has 0 saturated carbocycles. The first kappa shape index (κ1) is 20.2. The summed E-state index contributed by atoms with van der Waals surface area (Å²) in [6, 6.07) is 32.9. The van der Waals surface area contributed by atoms with Crippen molar-refractivity contribution in [2.24, 2.45) is 0 Å². The summed E-state index contributed by atoms with van der Waals surface area (Å²) >= 11 is 3.48. The number of nitrogens with zero attached hydrogens (tertiary/aromatic N) is 1. The first-order valence-corrected chi connectivity index (χ1v) is 11.0. The SMILES string of the molecule is O=C(Nc1ccc2oc(-c3cccc(Br)c3)nc2c1)C(c1ccccc1)c1ccccc1. The Morgan fingerprint density at radius 1 is 0.812 bits per heavy atom. The van der Waals surface area contributed by atoms with Crippen LogP contribution in [0.2, 0.25) is 0 Å². The van der Waals surface area contributed by atoms with E-state index in [2.05, 4.69) is 26.2 Å². The number of halogens is 1.